The molecule has 1 aromatic heterocycles. The number of nitrogens with one attached hydrogen (secondary N) is 2. The summed E-state index contributed by atoms with van der Waals surface area (Å²) in [6.45, 7) is 1.34. The third kappa shape index (κ3) is 3.19. The molecule has 0 spiro atoms. The number of rotatable bonds is 5. The molecule has 1 amide bonds. The van der Waals surface area contributed by atoms with Crippen molar-refractivity contribution in [2.45, 2.75) is 87.5 Å². The lowest BCUT2D eigenvalue weighted by molar-refractivity contribution is 0.0891. The number of piperidine rings is 3. The van der Waals surface area contributed by atoms with Gasteiger partial charge in [0, 0.05) is 55.3 Å². The maximum Gasteiger partial charge on any atom is 0.282 e. The molecule has 5 saturated heterocycles. The highest BCUT2D eigenvalue weighted by Crippen LogP contribution is 2.41. The van der Waals surface area contributed by atoms with Crippen LogP contribution in [0.5, 0.6) is 0 Å². The second kappa shape index (κ2) is 7.01. The molecule has 6 aliphatic rings. The molecule has 1 saturated carbocycles. The molecule has 4 bridgehead atoms. The van der Waals surface area contributed by atoms with Crippen LogP contribution in [-0.4, -0.2) is 71.4 Å². The van der Waals surface area contributed by atoms with E-state index < -0.39 is 10.2 Å². The average molecular weight is 436 g/mol. The minimum absolute atomic E-state index is 0.0259. The zero-order chi connectivity index (χ0) is 20.5. The van der Waals surface area contributed by atoms with Gasteiger partial charge in [0.2, 0.25) is 0 Å². The first-order valence-corrected chi connectivity index (χ1v) is 12.7. The van der Waals surface area contributed by atoms with Crippen LogP contribution in [0.25, 0.3) is 0 Å². The Balaban J connectivity index is 1.13. The summed E-state index contributed by atoms with van der Waals surface area (Å²) in [5.41, 5.74) is 0.330. The van der Waals surface area contributed by atoms with Crippen molar-refractivity contribution in [3.63, 3.8) is 0 Å². The van der Waals surface area contributed by atoms with Crippen LogP contribution in [0.4, 0.5) is 0 Å². The molecule has 6 heterocycles. The minimum atomic E-state index is -3.47. The highest BCUT2D eigenvalue weighted by atomic mass is 32.2. The summed E-state index contributed by atoms with van der Waals surface area (Å²) >= 11 is 0. The lowest BCUT2D eigenvalue weighted by atomic mass is 9.96. The first kappa shape index (κ1) is 19.2. The van der Waals surface area contributed by atoms with Gasteiger partial charge in [-0.15, -0.1) is 0 Å². The Morgan fingerprint density at radius 1 is 1.10 bits per heavy atom. The molecule has 6 fully saturated rings. The van der Waals surface area contributed by atoms with Crippen molar-refractivity contribution < 1.29 is 17.7 Å². The molecule has 0 radical (unpaired) electrons. The number of carbonyl (C=O) groups excluding carboxylic acids is 1. The van der Waals surface area contributed by atoms with Gasteiger partial charge in [0.1, 0.15) is 5.76 Å². The van der Waals surface area contributed by atoms with E-state index in [0.29, 0.717) is 31.0 Å². The molecule has 1 aromatic rings. The van der Waals surface area contributed by atoms with E-state index in [4.69, 9.17) is 4.52 Å². The van der Waals surface area contributed by atoms with E-state index in [1.165, 1.54) is 0 Å². The molecule has 5 atom stereocenters. The van der Waals surface area contributed by atoms with Crippen molar-refractivity contribution >= 4 is 16.1 Å². The Bertz CT molecular complexity index is 923. The van der Waals surface area contributed by atoms with Crippen molar-refractivity contribution in [3.05, 3.63) is 17.5 Å². The van der Waals surface area contributed by atoms with E-state index in [0.717, 1.165) is 50.8 Å². The van der Waals surface area contributed by atoms with Gasteiger partial charge in [0.25, 0.3) is 16.1 Å². The van der Waals surface area contributed by atoms with E-state index >= 15 is 0 Å². The van der Waals surface area contributed by atoms with Crippen LogP contribution in [0.2, 0.25) is 0 Å². The van der Waals surface area contributed by atoms with Crippen molar-refractivity contribution in [2.24, 2.45) is 0 Å². The fourth-order valence-corrected chi connectivity index (χ4v) is 8.22. The smallest absolute Gasteiger partial charge is 0.282 e. The second-order valence-electron chi connectivity index (χ2n) is 9.66. The third-order valence-corrected chi connectivity index (χ3v) is 9.77. The Labute approximate surface area is 176 Å². The normalized spacial score (nSPS) is 36.9. The van der Waals surface area contributed by atoms with E-state index in [2.05, 4.69) is 15.8 Å². The van der Waals surface area contributed by atoms with E-state index in [1.54, 1.807) is 14.7 Å². The van der Waals surface area contributed by atoms with Gasteiger partial charge in [-0.1, -0.05) is 5.16 Å². The molecular formula is C20H29N5O4S. The number of nitrogens with zero attached hydrogens (tertiary/aromatic N) is 3. The standard InChI is InChI=1S/C20H29N5O4S/c26-20(18-9-19(29-23-18)12-1-2-12)22-14-7-15-5-6-16(8-14)25(15)30(27,28)24-11-13-3-4-17(24)10-21-13/h9,12-17,21H,1-8,10-11H2,(H,22,26)/t13?,14?,15-,16+,17?. The maximum atomic E-state index is 13.5. The van der Waals surface area contributed by atoms with Crippen LogP contribution < -0.4 is 10.6 Å². The third-order valence-electron chi connectivity index (χ3n) is 7.60. The number of aromatic nitrogens is 1. The van der Waals surface area contributed by atoms with Crippen molar-refractivity contribution in [1.82, 2.24) is 24.4 Å². The summed E-state index contributed by atoms with van der Waals surface area (Å²) in [5, 5.41) is 10.4. The predicted molar refractivity (Wildman–Crippen MR) is 108 cm³/mol. The Hall–Kier alpha value is -1.49. The fourth-order valence-electron chi connectivity index (χ4n) is 5.92. The minimum Gasteiger partial charge on any atom is -0.360 e. The molecule has 7 rings (SSSR count). The second-order valence-corrected chi connectivity index (χ2v) is 11.4. The van der Waals surface area contributed by atoms with Crippen LogP contribution in [0, 0.1) is 0 Å². The summed E-state index contributed by atoms with van der Waals surface area (Å²) in [4.78, 5) is 12.6. The van der Waals surface area contributed by atoms with Gasteiger partial charge in [-0.2, -0.15) is 17.0 Å². The Morgan fingerprint density at radius 2 is 1.83 bits per heavy atom. The highest BCUT2D eigenvalue weighted by Gasteiger charge is 2.51. The number of fused-ring (bicyclic) bond motifs is 5. The van der Waals surface area contributed by atoms with Crippen LogP contribution in [-0.2, 0) is 10.2 Å². The quantitative estimate of drug-likeness (QED) is 0.713. The monoisotopic (exact) mass is 435 g/mol. The number of hydrogen-bond donors (Lipinski definition) is 2. The predicted octanol–water partition coefficient (Wildman–Crippen LogP) is 0.958. The van der Waals surface area contributed by atoms with Gasteiger partial charge < -0.3 is 15.2 Å². The summed E-state index contributed by atoms with van der Waals surface area (Å²) in [6.07, 6.45) is 7.26. The molecule has 30 heavy (non-hydrogen) atoms. The van der Waals surface area contributed by atoms with Gasteiger partial charge in [-0.3, -0.25) is 4.79 Å². The zero-order valence-corrected chi connectivity index (χ0v) is 17.8. The topological polar surface area (TPSA) is 108 Å². The molecule has 10 heteroatoms. The number of amides is 1. The van der Waals surface area contributed by atoms with Crippen LogP contribution in [0.3, 0.4) is 0 Å². The zero-order valence-electron chi connectivity index (χ0n) is 17.0. The van der Waals surface area contributed by atoms with Gasteiger partial charge in [-0.05, 0) is 51.4 Å². The fraction of sp³-hybridized carbons (Fsp3) is 0.800. The maximum absolute atomic E-state index is 13.5. The first-order chi connectivity index (χ1) is 14.5. The first-order valence-electron chi connectivity index (χ1n) is 11.3. The summed E-state index contributed by atoms with van der Waals surface area (Å²) < 4.78 is 35.9. The lowest BCUT2D eigenvalue weighted by Crippen LogP contribution is -2.66. The summed E-state index contributed by atoms with van der Waals surface area (Å²) in [5.74, 6) is 1.00. The van der Waals surface area contributed by atoms with Crippen LogP contribution in [0.1, 0.15) is 73.5 Å². The molecule has 164 valence electrons. The van der Waals surface area contributed by atoms with E-state index in [9.17, 15) is 13.2 Å². The SMILES string of the molecule is O=C(NC1C[C@H]2CC[C@@H](C1)N2S(=O)(=O)N1CC2CCC1CN2)c1cc(C2CC2)on1. The molecular weight excluding hydrogens is 406 g/mol. The molecule has 1 aliphatic carbocycles. The van der Waals surface area contributed by atoms with Crippen molar-refractivity contribution in [3.8, 4) is 0 Å². The average Bonchev–Trinajstić information content (AvgIpc) is 3.40. The van der Waals surface area contributed by atoms with Gasteiger partial charge in [0.05, 0.1) is 0 Å². The van der Waals surface area contributed by atoms with Gasteiger partial charge in [0.15, 0.2) is 5.69 Å². The van der Waals surface area contributed by atoms with Crippen LogP contribution >= 0.6 is 0 Å². The lowest BCUT2D eigenvalue weighted by Gasteiger charge is -2.48. The van der Waals surface area contributed by atoms with Gasteiger partial charge >= 0.3 is 0 Å². The molecule has 9 nitrogen and oxygen atoms in total. The highest BCUT2D eigenvalue weighted by molar-refractivity contribution is 7.86. The number of piperazine rings is 1. The van der Waals surface area contributed by atoms with Crippen molar-refractivity contribution in [1.29, 1.82) is 0 Å². The Morgan fingerprint density at radius 3 is 2.43 bits per heavy atom. The van der Waals surface area contributed by atoms with Crippen LogP contribution in [0.15, 0.2) is 10.6 Å². The summed E-state index contributed by atoms with van der Waals surface area (Å²) in [7, 11) is -3.47. The molecule has 5 aliphatic heterocycles. The van der Waals surface area contributed by atoms with Gasteiger partial charge in [-0.25, -0.2) is 0 Å². The number of carbonyl (C=O) groups is 1. The molecule has 3 unspecified atom stereocenters. The summed E-state index contributed by atoms with van der Waals surface area (Å²) in [6, 6.07) is 2.01. The van der Waals surface area contributed by atoms with Crippen molar-refractivity contribution in [2.75, 3.05) is 13.1 Å². The van der Waals surface area contributed by atoms with E-state index in [-0.39, 0.29) is 36.1 Å². The van der Waals surface area contributed by atoms with E-state index in [1.807, 2.05) is 0 Å². The Kier molecular flexibility index (Phi) is 4.49. The molecule has 2 N–H and O–H groups in total. The number of hydrogen-bond acceptors (Lipinski definition) is 6. The molecule has 0 aromatic carbocycles. The largest absolute Gasteiger partial charge is 0.360 e.